The van der Waals surface area contributed by atoms with E-state index in [4.69, 9.17) is 18.9 Å². The standard InChI is InChI=1S/C17H19NO4/c1-18-15-10-21-14-9-4-6-11(17(14)22-15)16-12(19-2)7-5-8-13(16)20-3/h4-9,15,18H,10H2,1-3H3/t15-/m0/s1. The fourth-order valence-corrected chi connectivity index (χ4v) is 2.55. The minimum absolute atomic E-state index is 0.186. The van der Waals surface area contributed by atoms with Gasteiger partial charge in [0.2, 0.25) is 0 Å². The van der Waals surface area contributed by atoms with Crippen LogP contribution in [0.1, 0.15) is 0 Å². The van der Waals surface area contributed by atoms with Crippen molar-refractivity contribution in [3.8, 4) is 34.1 Å². The van der Waals surface area contributed by atoms with Gasteiger partial charge in [0.1, 0.15) is 18.1 Å². The number of nitrogens with one attached hydrogen (secondary N) is 1. The Bertz CT molecular complexity index is 649. The van der Waals surface area contributed by atoms with E-state index in [9.17, 15) is 0 Å². The lowest BCUT2D eigenvalue weighted by Gasteiger charge is -2.28. The fourth-order valence-electron chi connectivity index (χ4n) is 2.55. The maximum absolute atomic E-state index is 6.02. The Hall–Kier alpha value is -2.40. The Labute approximate surface area is 129 Å². The first kappa shape index (κ1) is 14.5. The van der Waals surface area contributed by atoms with Crippen molar-refractivity contribution >= 4 is 0 Å². The summed E-state index contributed by atoms with van der Waals surface area (Å²) in [7, 11) is 5.12. The number of hydrogen-bond donors (Lipinski definition) is 1. The topological polar surface area (TPSA) is 49.0 Å². The first-order valence-electron chi connectivity index (χ1n) is 7.09. The molecule has 2 aromatic rings. The van der Waals surface area contributed by atoms with Gasteiger partial charge in [-0.1, -0.05) is 18.2 Å². The molecule has 116 valence electrons. The van der Waals surface area contributed by atoms with E-state index < -0.39 is 0 Å². The van der Waals surface area contributed by atoms with Gasteiger partial charge in [-0.05, 0) is 25.2 Å². The molecular formula is C17H19NO4. The van der Waals surface area contributed by atoms with Gasteiger partial charge in [0, 0.05) is 5.56 Å². The highest BCUT2D eigenvalue weighted by molar-refractivity contribution is 5.83. The first-order valence-corrected chi connectivity index (χ1v) is 7.09. The van der Waals surface area contributed by atoms with Crippen LogP contribution >= 0.6 is 0 Å². The molecule has 0 aromatic heterocycles. The van der Waals surface area contributed by atoms with E-state index in [1.54, 1.807) is 14.2 Å². The molecular weight excluding hydrogens is 282 g/mol. The number of ether oxygens (including phenoxy) is 4. The molecule has 0 saturated carbocycles. The highest BCUT2D eigenvalue weighted by Crippen LogP contribution is 2.47. The Kier molecular flexibility index (Phi) is 4.06. The van der Waals surface area contributed by atoms with Crippen molar-refractivity contribution in [3.63, 3.8) is 0 Å². The highest BCUT2D eigenvalue weighted by atomic mass is 16.6. The van der Waals surface area contributed by atoms with Crippen LogP contribution in [-0.4, -0.2) is 34.1 Å². The Morgan fingerprint density at radius 2 is 1.73 bits per heavy atom. The van der Waals surface area contributed by atoms with Crippen LogP contribution in [0.25, 0.3) is 11.1 Å². The van der Waals surface area contributed by atoms with Gasteiger partial charge in [0.15, 0.2) is 17.7 Å². The number of methoxy groups -OCH3 is 2. The van der Waals surface area contributed by atoms with Crippen molar-refractivity contribution in [2.45, 2.75) is 6.23 Å². The molecule has 1 heterocycles. The third kappa shape index (κ3) is 2.44. The molecule has 5 heteroatoms. The van der Waals surface area contributed by atoms with Crippen LogP contribution in [0, 0.1) is 0 Å². The van der Waals surface area contributed by atoms with Crippen LogP contribution in [0.5, 0.6) is 23.0 Å². The van der Waals surface area contributed by atoms with Gasteiger partial charge in [-0.2, -0.15) is 0 Å². The van der Waals surface area contributed by atoms with Gasteiger partial charge in [-0.15, -0.1) is 0 Å². The van der Waals surface area contributed by atoms with Gasteiger partial charge in [-0.3, -0.25) is 5.32 Å². The molecule has 0 radical (unpaired) electrons. The molecule has 0 bridgehead atoms. The molecule has 0 amide bonds. The van der Waals surface area contributed by atoms with E-state index in [2.05, 4.69) is 5.32 Å². The zero-order valence-corrected chi connectivity index (χ0v) is 12.9. The molecule has 1 aliphatic rings. The van der Waals surface area contributed by atoms with Gasteiger partial charge < -0.3 is 18.9 Å². The van der Waals surface area contributed by atoms with Crippen LogP contribution < -0.4 is 24.3 Å². The molecule has 22 heavy (non-hydrogen) atoms. The maximum atomic E-state index is 6.02. The summed E-state index contributed by atoms with van der Waals surface area (Å²) in [6, 6.07) is 11.5. The van der Waals surface area contributed by atoms with Crippen molar-refractivity contribution in [1.82, 2.24) is 5.32 Å². The summed E-state index contributed by atoms with van der Waals surface area (Å²) in [5.41, 5.74) is 1.73. The summed E-state index contributed by atoms with van der Waals surface area (Å²) in [6.45, 7) is 0.468. The maximum Gasteiger partial charge on any atom is 0.184 e. The van der Waals surface area contributed by atoms with Crippen LogP contribution in [0.4, 0.5) is 0 Å². The zero-order chi connectivity index (χ0) is 15.5. The quantitative estimate of drug-likeness (QED) is 0.941. The van der Waals surface area contributed by atoms with E-state index in [0.717, 1.165) is 28.4 Å². The molecule has 0 aliphatic carbocycles. The average Bonchev–Trinajstić information content (AvgIpc) is 2.59. The number of rotatable bonds is 4. The van der Waals surface area contributed by atoms with E-state index in [1.807, 2.05) is 43.4 Å². The van der Waals surface area contributed by atoms with Crippen LogP contribution in [0.3, 0.4) is 0 Å². The van der Waals surface area contributed by atoms with Gasteiger partial charge in [0.25, 0.3) is 0 Å². The van der Waals surface area contributed by atoms with Crippen LogP contribution in [0.15, 0.2) is 36.4 Å². The largest absolute Gasteiger partial charge is 0.496 e. The highest BCUT2D eigenvalue weighted by Gasteiger charge is 2.25. The van der Waals surface area contributed by atoms with Crippen molar-refractivity contribution in [3.05, 3.63) is 36.4 Å². The molecule has 1 N–H and O–H groups in total. The normalized spacial score (nSPS) is 16.2. The molecule has 0 saturated heterocycles. The van der Waals surface area contributed by atoms with Crippen LogP contribution in [0.2, 0.25) is 0 Å². The first-order chi connectivity index (χ1) is 10.8. The van der Waals surface area contributed by atoms with Crippen molar-refractivity contribution in [1.29, 1.82) is 0 Å². The molecule has 0 spiro atoms. The second-order valence-electron chi connectivity index (χ2n) is 4.88. The van der Waals surface area contributed by atoms with E-state index in [1.165, 1.54) is 0 Å². The summed E-state index contributed by atoms with van der Waals surface area (Å²) in [5, 5.41) is 3.07. The summed E-state index contributed by atoms with van der Waals surface area (Å²) in [6.07, 6.45) is -0.186. The second kappa shape index (κ2) is 6.15. The van der Waals surface area contributed by atoms with Crippen molar-refractivity contribution in [2.75, 3.05) is 27.9 Å². The van der Waals surface area contributed by atoms with E-state index >= 15 is 0 Å². The minimum atomic E-state index is -0.186. The molecule has 0 unspecified atom stereocenters. The third-order valence-electron chi connectivity index (χ3n) is 3.65. The fraction of sp³-hybridized carbons (Fsp3) is 0.294. The zero-order valence-electron chi connectivity index (χ0n) is 12.9. The van der Waals surface area contributed by atoms with E-state index in [-0.39, 0.29) is 6.23 Å². The second-order valence-corrected chi connectivity index (χ2v) is 4.88. The summed E-state index contributed by atoms with van der Waals surface area (Å²) < 4.78 is 22.8. The molecule has 5 nitrogen and oxygen atoms in total. The summed E-state index contributed by atoms with van der Waals surface area (Å²) in [4.78, 5) is 0. The smallest absolute Gasteiger partial charge is 0.184 e. The van der Waals surface area contributed by atoms with Crippen LogP contribution in [-0.2, 0) is 0 Å². The molecule has 0 fully saturated rings. The summed E-state index contributed by atoms with van der Waals surface area (Å²) in [5.74, 6) is 2.86. The van der Waals surface area contributed by atoms with Gasteiger partial charge in [-0.25, -0.2) is 0 Å². The number of benzene rings is 2. The van der Waals surface area contributed by atoms with E-state index in [0.29, 0.717) is 12.4 Å². The summed E-state index contributed by atoms with van der Waals surface area (Å²) >= 11 is 0. The number of fused-ring (bicyclic) bond motifs is 1. The van der Waals surface area contributed by atoms with Crippen molar-refractivity contribution < 1.29 is 18.9 Å². The lowest BCUT2D eigenvalue weighted by Crippen LogP contribution is -2.39. The predicted octanol–water partition coefficient (Wildman–Crippen LogP) is 2.69. The molecule has 1 aliphatic heterocycles. The molecule has 2 aromatic carbocycles. The number of hydrogen-bond acceptors (Lipinski definition) is 5. The van der Waals surface area contributed by atoms with Crippen molar-refractivity contribution in [2.24, 2.45) is 0 Å². The van der Waals surface area contributed by atoms with Gasteiger partial charge in [0.05, 0.1) is 19.8 Å². The third-order valence-corrected chi connectivity index (χ3v) is 3.65. The predicted molar refractivity (Wildman–Crippen MR) is 84.0 cm³/mol. The van der Waals surface area contributed by atoms with Gasteiger partial charge >= 0.3 is 0 Å². The Morgan fingerprint density at radius 1 is 1.05 bits per heavy atom. The molecule has 3 rings (SSSR count). The average molecular weight is 301 g/mol. The SMILES string of the molecule is CN[C@@H]1COc2cccc(-c3c(OC)cccc3OC)c2O1. The number of likely N-dealkylation sites (N-methyl/N-ethyl adjacent to an activating group) is 1. The lowest BCUT2D eigenvalue weighted by molar-refractivity contribution is 0.0733. The monoisotopic (exact) mass is 301 g/mol. The number of para-hydroxylation sites is 1. The Morgan fingerprint density at radius 3 is 2.36 bits per heavy atom. The lowest BCUT2D eigenvalue weighted by atomic mass is 10.0. The Balaban J connectivity index is 2.18. The minimum Gasteiger partial charge on any atom is -0.496 e. The molecule has 1 atom stereocenters.